The summed E-state index contributed by atoms with van der Waals surface area (Å²) in [6.07, 6.45) is 0. The predicted octanol–water partition coefficient (Wildman–Crippen LogP) is 5.66. The number of halogens is 1. The van der Waals surface area contributed by atoms with E-state index in [1.165, 1.54) is 63.6 Å². The fourth-order valence-electron chi connectivity index (χ4n) is 3.59. The highest BCUT2D eigenvalue weighted by Gasteiger charge is 2.48. The summed E-state index contributed by atoms with van der Waals surface area (Å²) in [6, 6.07) is 17.7. The van der Waals surface area contributed by atoms with Crippen LogP contribution in [-0.2, 0) is 15.3 Å². The molecule has 0 aliphatic carbocycles. The monoisotopic (exact) mass is 509 g/mol. The Morgan fingerprint density at radius 1 is 1.03 bits per heavy atom. The van der Waals surface area contributed by atoms with E-state index in [1.54, 1.807) is 12.1 Å². The summed E-state index contributed by atoms with van der Waals surface area (Å²) in [6.45, 7) is 0. The van der Waals surface area contributed by atoms with Crippen LogP contribution in [0.5, 0.6) is 0 Å². The van der Waals surface area contributed by atoms with Crippen molar-refractivity contribution in [3.8, 4) is 0 Å². The van der Waals surface area contributed by atoms with Crippen LogP contribution in [-0.4, -0.2) is 27.0 Å². The first kappa shape index (κ1) is 22.5. The Morgan fingerprint density at radius 2 is 1.79 bits per heavy atom. The lowest BCUT2D eigenvalue weighted by atomic mass is 10.00. The van der Waals surface area contributed by atoms with Crippen molar-refractivity contribution < 1.29 is 19.1 Å². The number of amides is 1. The van der Waals surface area contributed by atoms with E-state index in [1.807, 2.05) is 35.7 Å². The van der Waals surface area contributed by atoms with E-state index < -0.39 is 23.5 Å². The lowest BCUT2D eigenvalue weighted by Gasteiger charge is -2.20. The van der Waals surface area contributed by atoms with Gasteiger partial charge in [0.15, 0.2) is 4.34 Å². The first-order chi connectivity index (χ1) is 16.5. The number of carbonyl (C=O) groups is 2. The minimum atomic E-state index is -0.857. The molecule has 2 aromatic carbocycles. The van der Waals surface area contributed by atoms with Crippen LogP contribution in [0.2, 0.25) is 0 Å². The predicted molar refractivity (Wildman–Crippen MR) is 131 cm³/mol. The molecule has 1 aliphatic rings. The maximum atomic E-state index is 13.4. The van der Waals surface area contributed by atoms with Gasteiger partial charge in [0.2, 0.25) is 5.13 Å². The molecule has 4 aromatic rings. The normalized spacial score (nSPS) is 17.4. The minimum absolute atomic E-state index is 0.0623. The van der Waals surface area contributed by atoms with Crippen LogP contribution < -0.4 is 4.90 Å². The minimum Gasteiger partial charge on any atom is -0.507 e. The fraction of sp³-hybridized carbons (Fsp3) is 0.0833. The number of hydrogen-bond donors (Lipinski definition) is 1. The number of Topliss-reactive ketones (excluding diaryl/α,β-unsaturated/α-hetero) is 1. The van der Waals surface area contributed by atoms with Crippen molar-refractivity contribution in [1.29, 1.82) is 0 Å². The van der Waals surface area contributed by atoms with Crippen molar-refractivity contribution in [2.45, 2.75) is 16.1 Å². The average molecular weight is 510 g/mol. The molecule has 34 heavy (non-hydrogen) atoms. The number of carbonyl (C=O) groups excluding carboxylic acids is 2. The Hall–Kier alpha value is -3.34. The second-order valence-corrected chi connectivity index (χ2v) is 10.5. The second kappa shape index (κ2) is 9.49. The van der Waals surface area contributed by atoms with Crippen LogP contribution >= 0.6 is 34.4 Å². The summed E-state index contributed by atoms with van der Waals surface area (Å²) in [4.78, 5) is 28.2. The number of thiophene rings is 1. The Kier molecular flexibility index (Phi) is 6.27. The standard InChI is InChI=1S/C24H16FN3O3S3/c25-16-10-8-15(9-11-16)20(29)18-19(17-7-4-12-32-17)28(22(31)21(18)30)23-26-27-24(34-23)33-13-14-5-2-1-3-6-14/h1-12,19,29H,13H2/t19-/m1/s1. The molecule has 0 radical (unpaired) electrons. The molecule has 1 amide bonds. The quantitative estimate of drug-likeness (QED) is 0.119. The average Bonchev–Trinajstić information content (AvgIpc) is 3.59. The third-order valence-electron chi connectivity index (χ3n) is 5.18. The Morgan fingerprint density at radius 3 is 2.50 bits per heavy atom. The summed E-state index contributed by atoms with van der Waals surface area (Å²) in [7, 11) is 0. The van der Waals surface area contributed by atoms with E-state index in [0.717, 1.165) is 5.56 Å². The zero-order valence-corrected chi connectivity index (χ0v) is 19.9. The zero-order chi connectivity index (χ0) is 23.7. The number of aromatic nitrogens is 2. The topological polar surface area (TPSA) is 83.4 Å². The molecule has 10 heteroatoms. The lowest BCUT2D eigenvalue weighted by molar-refractivity contribution is -0.132. The Bertz CT molecular complexity index is 1370. The Balaban J connectivity index is 1.51. The fourth-order valence-corrected chi connectivity index (χ4v) is 6.23. The highest BCUT2D eigenvalue weighted by molar-refractivity contribution is 8.00. The van der Waals surface area contributed by atoms with Crippen molar-refractivity contribution in [3.05, 3.63) is 99.5 Å². The number of aliphatic hydroxyl groups excluding tert-OH is 1. The summed E-state index contributed by atoms with van der Waals surface area (Å²) in [5.41, 5.74) is 1.31. The molecule has 0 spiro atoms. The van der Waals surface area contributed by atoms with Gasteiger partial charge in [-0.25, -0.2) is 4.39 Å². The summed E-state index contributed by atoms with van der Waals surface area (Å²) in [5.74, 6) is -1.76. The highest BCUT2D eigenvalue weighted by Crippen LogP contribution is 2.45. The first-order valence-electron chi connectivity index (χ1n) is 10.1. The largest absolute Gasteiger partial charge is 0.507 e. The van der Waals surface area contributed by atoms with E-state index in [2.05, 4.69) is 10.2 Å². The molecular weight excluding hydrogens is 493 g/mol. The van der Waals surface area contributed by atoms with Gasteiger partial charge in [-0.3, -0.25) is 14.5 Å². The van der Waals surface area contributed by atoms with Crippen LogP contribution in [0.1, 0.15) is 22.0 Å². The third kappa shape index (κ3) is 4.27. The first-order valence-corrected chi connectivity index (χ1v) is 12.8. The molecular formula is C24H16FN3O3S3. The van der Waals surface area contributed by atoms with E-state index in [0.29, 0.717) is 15.0 Å². The molecule has 170 valence electrons. The summed E-state index contributed by atoms with van der Waals surface area (Å²) in [5, 5.41) is 21.5. The summed E-state index contributed by atoms with van der Waals surface area (Å²) >= 11 is 4.05. The molecule has 2 aromatic heterocycles. The maximum Gasteiger partial charge on any atom is 0.301 e. The number of benzene rings is 2. The number of aliphatic hydroxyl groups is 1. The van der Waals surface area contributed by atoms with Crippen molar-refractivity contribution in [3.63, 3.8) is 0 Å². The number of nitrogens with zero attached hydrogens (tertiary/aromatic N) is 3. The maximum absolute atomic E-state index is 13.4. The molecule has 1 N–H and O–H groups in total. The van der Waals surface area contributed by atoms with Gasteiger partial charge in [-0.2, -0.15) is 0 Å². The molecule has 1 fully saturated rings. The van der Waals surface area contributed by atoms with Gasteiger partial charge in [0.05, 0.1) is 5.57 Å². The molecule has 0 unspecified atom stereocenters. The lowest BCUT2D eigenvalue weighted by Crippen LogP contribution is -2.29. The molecule has 3 heterocycles. The Labute approximate surface area is 206 Å². The molecule has 1 atom stereocenters. The van der Waals surface area contributed by atoms with E-state index in [9.17, 15) is 19.1 Å². The summed E-state index contributed by atoms with van der Waals surface area (Å²) < 4.78 is 14.0. The van der Waals surface area contributed by atoms with Gasteiger partial charge in [0.1, 0.15) is 17.6 Å². The van der Waals surface area contributed by atoms with Crippen LogP contribution in [0, 0.1) is 5.82 Å². The van der Waals surface area contributed by atoms with Crippen molar-refractivity contribution >= 4 is 57.0 Å². The van der Waals surface area contributed by atoms with Gasteiger partial charge in [-0.15, -0.1) is 21.5 Å². The van der Waals surface area contributed by atoms with Crippen molar-refractivity contribution in [1.82, 2.24) is 10.2 Å². The van der Waals surface area contributed by atoms with Crippen LogP contribution in [0.25, 0.3) is 5.76 Å². The van der Waals surface area contributed by atoms with E-state index >= 15 is 0 Å². The smallest absolute Gasteiger partial charge is 0.301 e. The van der Waals surface area contributed by atoms with Gasteiger partial charge in [-0.1, -0.05) is 59.5 Å². The molecule has 5 rings (SSSR count). The molecule has 0 saturated carbocycles. The van der Waals surface area contributed by atoms with Gasteiger partial charge >= 0.3 is 5.91 Å². The van der Waals surface area contributed by atoms with E-state index in [4.69, 9.17) is 0 Å². The number of hydrogen-bond acceptors (Lipinski definition) is 8. The molecule has 1 aliphatic heterocycles. The van der Waals surface area contributed by atoms with Gasteiger partial charge < -0.3 is 5.11 Å². The SMILES string of the molecule is O=C1C(=O)N(c2nnc(SCc3ccccc3)s2)[C@H](c2cccs2)C1=C(O)c1ccc(F)cc1. The molecule has 0 bridgehead atoms. The van der Waals surface area contributed by atoms with Gasteiger partial charge in [0.25, 0.3) is 5.78 Å². The van der Waals surface area contributed by atoms with Gasteiger partial charge in [-0.05, 0) is 41.3 Å². The van der Waals surface area contributed by atoms with Crippen LogP contribution in [0.4, 0.5) is 9.52 Å². The van der Waals surface area contributed by atoms with Crippen molar-refractivity contribution in [2.24, 2.45) is 0 Å². The number of rotatable bonds is 6. The van der Waals surface area contributed by atoms with Crippen LogP contribution in [0.3, 0.4) is 0 Å². The molecule has 6 nitrogen and oxygen atoms in total. The van der Waals surface area contributed by atoms with Gasteiger partial charge in [0, 0.05) is 16.2 Å². The number of ketones is 1. The van der Waals surface area contributed by atoms with E-state index in [-0.39, 0.29) is 22.0 Å². The molecule has 1 saturated heterocycles. The number of anilines is 1. The highest BCUT2D eigenvalue weighted by atomic mass is 32.2. The number of thioether (sulfide) groups is 1. The van der Waals surface area contributed by atoms with Crippen LogP contribution in [0.15, 0.2) is 82.0 Å². The second-order valence-electron chi connectivity index (χ2n) is 7.32. The van der Waals surface area contributed by atoms with Crippen molar-refractivity contribution in [2.75, 3.05) is 4.90 Å². The zero-order valence-electron chi connectivity index (χ0n) is 17.4. The third-order valence-corrected chi connectivity index (χ3v) is 8.23.